The minimum absolute atomic E-state index is 0.0243. The molecule has 2 aliphatic heterocycles. The van der Waals surface area contributed by atoms with Gasteiger partial charge >= 0.3 is 0 Å². The summed E-state index contributed by atoms with van der Waals surface area (Å²) < 4.78 is 1.84. The Bertz CT molecular complexity index is 1170. The second-order valence-corrected chi connectivity index (χ2v) is 9.68. The third-order valence-corrected chi connectivity index (χ3v) is 7.88. The molecule has 5 heterocycles. The van der Waals surface area contributed by atoms with E-state index in [1.807, 2.05) is 28.5 Å². The van der Waals surface area contributed by atoms with E-state index in [-0.39, 0.29) is 17.5 Å². The molecule has 1 saturated heterocycles. The number of aryl methyl sites for hydroxylation is 2. The number of nitrogens with zero attached hydrogens (tertiary/aromatic N) is 4. The molecule has 5 rings (SSSR count). The van der Waals surface area contributed by atoms with Crippen LogP contribution in [0.4, 0.5) is 0 Å². The van der Waals surface area contributed by atoms with Crippen LogP contribution in [0.15, 0.2) is 29.3 Å². The number of likely N-dealkylation sites (tertiary alicyclic amines) is 1. The van der Waals surface area contributed by atoms with Gasteiger partial charge in [-0.3, -0.25) is 19.1 Å². The summed E-state index contributed by atoms with van der Waals surface area (Å²) in [6.45, 7) is 3.38. The molecule has 0 N–H and O–H groups in total. The first-order valence-corrected chi connectivity index (χ1v) is 12.2. The van der Waals surface area contributed by atoms with Crippen LogP contribution in [0.3, 0.4) is 0 Å². The van der Waals surface area contributed by atoms with Crippen molar-refractivity contribution in [3.8, 4) is 0 Å². The third-order valence-electron chi connectivity index (χ3n) is 6.71. The van der Waals surface area contributed by atoms with Gasteiger partial charge in [0.15, 0.2) is 0 Å². The average molecular weight is 437 g/mol. The molecule has 0 bridgehead atoms. The van der Waals surface area contributed by atoms with E-state index in [0.717, 1.165) is 81.4 Å². The SMILES string of the molecule is Cc1c(C(=O)N2CCCCCC2c2ccncc2)sc2nc3n(c(=O)c12)CCCCC3. The zero-order chi connectivity index (χ0) is 21.4. The summed E-state index contributed by atoms with van der Waals surface area (Å²) in [5, 5.41) is 0.634. The van der Waals surface area contributed by atoms with Gasteiger partial charge in [-0.15, -0.1) is 11.3 Å². The first kappa shape index (κ1) is 20.4. The van der Waals surface area contributed by atoms with E-state index < -0.39 is 0 Å². The monoisotopic (exact) mass is 436 g/mol. The predicted octanol–water partition coefficient (Wildman–Crippen LogP) is 4.65. The van der Waals surface area contributed by atoms with Crippen molar-refractivity contribution in [1.82, 2.24) is 19.4 Å². The first-order chi connectivity index (χ1) is 15.1. The van der Waals surface area contributed by atoms with Gasteiger partial charge in [0.2, 0.25) is 0 Å². The third kappa shape index (κ3) is 3.69. The summed E-state index contributed by atoms with van der Waals surface area (Å²) in [4.78, 5) is 39.5. The minimum Gasteiger partial charge on any atom is -0.331 e. The van der Waals surface area contributed by atoms with Gasteiger partial charge in [0.25, 0.3) is 11.5 Å². The number of fused-ring (bicyclic) bond motifs is 2. The molecule has 3 aromatic heterocycles. The van der Waals surface area contributed by atoms with Crippen molar-refractivity contribution < 1.29 is 4.79 Å². The number of carbonyl (C=O) groups excluding carboxylic acids is 1. The van der Waals surface area contributed by atoms with Gasteiger partial charge in [-0.05, 0) is 55.9 Å². The Balaban J connectivity index is 1.58. The predicted molar refractivity (Wildman–Crippen MR) is 123 cm³/mol. The molecular formula is C24H28N4O2S. The Morgan fingerprint density at radius 3 is 2.68 bits per heavy atom. The quantitative estimate of drug-likeness (QED) is 0.587. The number of aromatic nitrogens is 3. The van der Waals surface area contributed by atoms with Crippen molar-refractivity contribution in [3.05, 3.63) is 56.7 Å². The van der Waals surface area contributed by atoms with E-state index in [1.165, 1.54) is 11.3 Å². The smallest absolute Gasteiger partial charge is 0.264 e. The van der Waals surface area contributed by atoms with E-state index in [0.29, 0.717) is 15.1 Å². The Morgan fingerprint density at radius 2 is 1.84 bits per heavy atom. The number of amides is 1. The number of hydrogen-bond acceptors (Lipinski definition) is 5. The van der Waals surface area contributed by atoms with E-state index in [9.17, 15) is 9.59 Å². The van der Waals surface area contributed by atoms with Crippen LogP contribution in [0.25, 0.3) is 10.2 Å². The van der Waals surface area contributed by atoms with Crippen molar-refractivity contribution in [1.29, 1.82) is 0 Å². The molecule has 0 radical (unpaired) electrons. The molecule has 0 saturated carbocycles. The Kier molecular flexibility index (Phi) is 5.61. The molecule has 31 heavy (non-hydrogen) atoms. The molecule has 7 heteroatoms. The van der Waals surface area contributed by atoms with Crippen LogP contribution in [-0.4, -0.2) is 31.9 Å². The molecule has 1 amide bonds. The van der Waals surface area contributed by atoms with Crippen LogP contribution in [0, 0.1) is 6.92 Å². The van der Waals surface area contributed by atoms with Gasteiger partial charge in [0.1, 0.15) is 10.7 Å². The summed E-state index contributed by atoms with van der Waals surface area (Å²) in [6, 6.07) is 4.08. The van der Waals surface area contributed by atoms with Gasteiger partial charge in [0, 0.05) is 31.9 Å². The van der Waals surface area contributed by atoms with E-state index in [1.54, 1.807) is 12.4 Å². The largest absolute Gasteiger partial charge is 0.331 e. The van der Waals surface area contributed by atoms with Gasteiger partial charge in [-0.1, -0.05) is 19.3 Å². The maximum Gasteiger partial charge on any atom is 0.264 e. The highest BCUT2D eigenvalue weighted by Gasteiger charge is 2.31. The molecule has 2 aliphatic rings. The molecule has 0 aromatic carbocycles. The van der Waals surface area contributed by atoms with Crippen molar-refractivity contribution >= 4 is 27.5 Å². The van der Waals surface area contributed by atoms with Crippen molar-refractivity contribution in [2.24, 2.45) is 0 Å². The first-order valence-electron chi connectivity index (χ1n) is 11.4. The maximum atomic E-state index is 13.8. The van der Waals surface area contributed by atoms with E-state index in [4.69, 9.17) is 4.98 Å². The highest BCUT2D eigenvalue weighted by Crippen LogP contribution is 2.35. The molecule has 162 valence electrons. The minimum atomic E-state index is 0.0243. The van der Waals surface area contributed by atoms with Gasteiger partial charge in [-0.25, -0.2) is 4.98 Å². The fourth-order valence-electron chi connectivity index (χ4n) is 5.03. The lowest BCUT2D eigenvalue weighted by Gasteiger charge is -2.30. The standard InChI is InChI=1S/C24H28N4O2S/c1-16-20-22(26-19-9-5-3-7-15-28(19)23(20)29)31-21(16)24(30)27-14-6-2-4-8-18(27)17-10-12-25-13-11-17/h10-13,18H,2-9,14-15H2,1H3. The Morgan fingerprint density at radius 1 is 1.06 bits per heavy atom. The lowest BCUT2D eigenvalue weighted by Crippen LogP contribution is -2.34. The van der Waals surface area contributed by atoms with Crippen molar-refractivity contribution in [3.63, 3.8) is 0 Å². The lowest BCUT2D eigenvalue weighted by atomic mass is 10.0. The molecule has 1 unspecified atom stereocenters. The van der Waals surface area contributed by atoms with Crippen molar-refractivity contribution in [2.45, 2.75) is 70.9 Å². The van der Waals surface area contributed by atoms with Crippen LogP contribution >= 0.6 is 11.3 Å². The second kappa shape index (κ2) is 8.54. The second-order valence-electron chi connectivity index (χ2n) is 8.68. The fourth-order valence-corrected chi connectivity index (χ4v) is 6.17. The van der Waals surface area contributed by atoms with Gasteiger partial charge < -0.3 is 4.90 Å². The molecule has 3 aromatic rings. The number of thiophene rings is 1. The Hall–Kier alpha value is -2.54. The zero-order valence-electron chi connectivity index (χ0n) is 18.0. The van der Waals surface area contributed by atoms with Crippen LogP contribution < -0.4 is 5.56 Å². The summed E-state index contributed by atoms with van der Waals surface area (Å²) in [7, 11) is 0. The molecule has 1 fully saturated rings. The van der Waals surface area contributed by atoms with E-state index in [2.05, 4.69) is 4.98 Å². The summed E-state index contributed by atoms with van der Waals surface area (Å²) in [6.07, 6.45) is 11.8. The van der Waals surface area contributed by atoms with Gasteiger partial charge in [0.05, 0.1) is 16.3 Å². The topological polar surface area (TPSA) is 68.1 Å². The maximum absolute atomic E-state index is 13.8. The number of carbonyl (C=O) groups is 1. The number of pyridine rings is 1. The Labute approximate surface area is 185 Å². The zero-order valence-corrected chi connectivity index (χ0v) is 18.8. The van der Waals surface area contributed by atoms with Crippen LogP contribution in [0.1, 0.15) is 77.6 Å². The lowest BCUT2D eigenvalue weighted by molar-refractivity contribution is 0.0685. The molecule has 0 aliphatic carbocycles. The van der Waals surface area contributed by atoms with Gasteiger partial charge in [-0.2, -0.15) is 0 Å². The molecule has 0 spiro atoms. The average Bonchev–Trinajstić information content (AvgIpc) is 2.99. The normalized spacial score (nSPS) is 19.6. The van der Waals surface area contributed by atoms with Crippen LogP contribution in [-0.2, 0) is 13.0 Å². The van der Waals surface area contributed by atoms with Crippen LogP contribution in [0.2, 0.25) is 0 Å². The summed E-state index contributed by atoms with van der Waals surface area (Å²) in [5.74, 6) is 0.906. The number of hydrogen-bond donors (Lipinski definition) is 0. The molecular weight excluding hydrogens is 408 g/mol. The molecule has 6 nitrogen and oxygen atoms in total. The fraction of sp³-hybridized carbons (Fsp3) is 0.500. The summed E-state index contributed by atoms with van der Waals surface area (Å²) >= 11 is 1.40. The highest BCUT2D eigenvalue weighted by molar-refractivity contribution is 7.20. The molecule has 1 atom stereocenters. The summed E-state index contributed by atoms with van der Waals surface area (Å²) in [5.41, 5.74) is 1.95. The van der Waals surface area contributed by atoms with Crippen LogP contribution in [0.5, 0.6) is 0 Å². The van der Waals surface area contributed by atoms with E-state index >= 15 is 0 Å². The highest BCUT2D eigenvalue weighted by atomic mass is 32.1. The number of rotatable bonds is 2. The van der Waals surface area contributed by atoms with Crippen molar-refractivity contribution in [2.75, 3.05) is 6.54 Å².